The van der Waals surface area contributed by atoms with Gasteiger partial charge < -0.3 is 10.6 Å². The van der Waals surface area contributed by atoms with E-state index in [1.54, 1.807) is 13.0 Å². The fourth-order valence-electron chi connectivity index (χ4n) is 3.53. The second-order valence-corrected chi connectivity index (χ2v) is 8.59. The first-order valence-corrected chi connectivity index (χ1v) is 11.1. The molecule has 4 amide bonds. The lowest BCUT2D eigenvalue weighted by Gasteiger charge is -2.21. The van der Waals surface area contributed by atoms with Gasteiger partial charge in [-0.05, 0) is 36.8 Å². The minimum atomic E-state index is -0.946. The van der Waals surface area contributed by atoms with Crippen LogP contribution in [0.3, 0.4) is 0 Å². The van der Waals surface area contributed by atoms with Crippen LogP contribution in [0.1, 0.15) is 12.5 Å². The van der Waals surface area contributed by atoms with Crippen LogP contribution in [0.5, 0.6) is 0 Å². The summed E-state index contributed by atoms with van der Waals surface area (Å²) in [4.78, 5) is 41.3. The summed E-state index contributed by atoms with van der Waals surface area (Å²) in [6.45, 7) is 1.56. The monoisotopic (exact) mass is 445 g/mol. The number of benzene rings is 3. The van der Waals surface area contributed by atoms with Crippen LogP contribution >= 0.6 is 11.8 Å². The van der Waals surface area contributed by atoms with Gasteiger partial charge in [0.1, 0.15) is 12.1 Å². The van der Waals surface area contributed by atoms with E-state index in [0.29, 0.717) is 12.1 Å². The summed E-state index contributed by atoms with van der Waals surface area (Å²) in [5.74, 6) is -0.816. The molecule has 0 saturated carbocycles. The van der Waals surface area contributed by atoms with E-state index < -0.39 is 29.9 Å². The molecule has 2 N–H and O–H groups in total. The van der Waals surface area contributed by atoms with Crippen LogP contribution in [0.2, 0.25) is 0 Å². The van der Waals surface area contributed by atoms with Crippen LogP contribution < -0.4 is 10.6 Å². The molecule has 32 heavy (non-hydrogen) atoms. The maximum Gasteiger partial charge on any atom is 0.325 e. The van der Waals surface area contributed by atoms with Crippen molar-refractivity contribution >= 4 is 35.3 Å². The number of anilines is 1. The Morgan fingerprint density at radius 2 is 1.59 bits per heavy atom. The van der Waals surface area contributed by atoms with Crippen LogP contribution in [0.25, 0.3) is 0 Å². The molecule has 3 aromatic rings. The van der Waals surface area contributed by atoms with Crippen molar-refractivity contribution in [1.82, 2.24) is 10.2 Å². The minimum Gasteiger partial charge on any atom is -0.325 e. The van der Waals surface area contributed by atoms with Crippen molar-refractivity contribution in [3.8, 4) is 0 Å². The summed E-state index contributed by atoms with van der Waals surface area (Å²) < 4.78 is 0. The topological polar surface area (TPSA) is 78.5 Å². The lowest BCUT2D eigenvalue weighted by Crippen LogP contribution is -2.46. The Hall–Kier alpha value is -3.58. The van der Waals surface area contributed by atoms with Crippen LogP contribution in [-0.2, 0) is 16.0 Å². The highest BCUT2D eigenvalue weighted by Gasteiger charge is 2.42. The van der Waals surface area contributed by atoms with E-state index in [0.717, 1.165) is 20.3 Å². The van der Waals surface area contributed by atoms with Gasteiger partial charge in [0.2, 0.25) is 5.91 Å². The lowest BCUT2D eigenvalue weighted by atomic mass is 10.1. The Morgan fingerprint density at radius 1 is 0.969 bits per heavy atom. The third-order valence-electron chi connectivity index (χ3n) is 5.22. The molecule has 0 unspecified atom stereocenters. The smallest absolute Gasteiger partial charge is 0.325 e. The van der Waals surface area contributed by atoms with Crippen molar-refractivity contribution in [2.45, 2.75) is 35.2 Å². The van der Waals surface area contributed by atoms with E-state index in [-0.39, 0.29) is 0 Å². The van der Waals surface area contributed by atoms with Crippen molar-refractivity contribution < 1.29 is 14.4 Å². The van der Waals surface area contributed by atoms with Gasteiger partial charge in [-0.15, -0.1) is 0 Å². The number of carbonyl (C=O) groups is 3. The predicted octanol–water partition coefficient (Wildman–Crippen LogP) is 4.33. The number of amides is 4. The molecular formula is C25H23N3O3S. The first kappa shape index (κ1) is 21.6. The Morgan fingerprint density at radius 3 is 2.31 bits per heavy atom. The predicted molar refractivity (Wildman–Crippen MR) is 124 cm³/mol. The second kappa shape index (κ2) is 9.70. The van der Waals surface area contributed by atoms with E-state index in [4.69, 9.17) is 0 Å². The quantitative estimate of drug-likeness (QED) is 0.531. The van der Waals surface area contributed by atoms with Crippen molar-refractivity contribution in [3.05, 3.63) is 90.5 Å². The number of imide groups is 1. The summed E-state index contributed by atoms with van der Waals surface area (Å²) in [6, 6.07) is 24.6. The van der Waals surface area contributed by atoms with Gasteiger partial charge in [0.25, 0.3) is 5.91 Å². The number of urea groups is 1. The number of carbonyl (C=O) groups excluding carboxylic acids is 3. The molecule has 0 spiro atoms. The highest BCUT2D eigenvalue weighted by Crippen LogP contribution is 2.33. The first-order valence-electron chi connectivity index (χ1n) is 10.3. The van der Waals surface area contributed by atoms with Crippen molar-refractivity contribution in [2.75, 3.05) is 5.32 Å². The molecule has 1 aliphatic heterocycles. The molecule has 6 nitrogen and oxygen atoms in total. The van der Waals surface area contributed by atoms with Crippen molar-refractivity contribution in [3.63, 3.8) is 0 Å². The molecule has 0 aromatic heterocycles. The molecule has 7 heteroatoms. The maximum atomic E-state index is 13.0. The van der Waals surface area contributed by atoms with Gasteiger partial charge in [-0.25, -0.2) is 4.79 Å². The molecule has 4 rings (SSSR count). The normalized spacial score (nSPS) is 16.5. The fourth-order valence-corrected chi connectivity index (χ4v) is 4.45. The molecule has 1 heterocycles. The Balaban J connectivity index is 1.45. The zero-order valence-corrected chi connectivity index (χ0v) is 18.3. The third-order valence-corrected chi connectivity index (χ3v) is 6.30. The summed E-state index contributed by atoms with van der Waals surface area (Å²) in [6.07, 6.45) is 0.382. The molecule has 3 aromatic carbocycles. The molecule has 0 aliphatic carbocycles. The van der Waals surface area contributed by atoms with Crippen LogP contribution in [-0.4, -0.2) is 34.8 Å². The van der Waals surface area contributed by atoms with Crippen molar-refractivity contribution in [2.24, 2.45) is 0 Å². The molecule has 162 valence electrons. The SMILES string of the molecule is C[C@H](C(=O)Nc1ccccc1Sc1ccccc1)N1C(=O)N[C@@H](Cc2ccccc2)C1=O. The second-order valence-electron chi connectivity index (χ2n) is 7.48. The van der Waals surface area contributed by atoms with Gasteiger partial charge in [-0.1, -0.05) is 72.4 Å². The number of hydrogen-bond acceptors (Lipinski definition) is 4. The summed E-state index contributed by atoms with van der Waals surface area (Å²) >= 11 is 1.53. The molecular weight excluding hydrogens is 422 g/mol. The zero-order chi connectivity index (χ0) is 22.5. The average Bonchev–Trinajstić information content (AvgIpc) is 3.08. The van der Waals surface area contributed by atoms with Gasteiger partial charge >= 0.3 is 6.03 Å². The molecule has 0 bridgehead atoms. The number of para-hydroxylation sites is 1. The zero-order valence-electron chi connectivity index (χ0n) is 17.5. The minimum absolute atomic E-state index is 0.382. The van der Waals surface area contributed by atoms with Gasteiger partial charge in [-0.2, -0.15) is 0 Å². The average molecular weight is 446 g/mol. The molecule has 1 aliphatic rings. The molecule has 1 fully saturated rings. The van der Waals surface area contributed by atoms with Crippen LogP contribution in [0.4, 0.5) is 10.5 Å². The number of hydrogen-bond donors (Lipinski definition) is 2. The number of nitrogens with zero attached hydrogens (tertiary/aromatic N) is 1. The Kier molecular flexibility index (Phi) is 6.56. The molecule has 0 radical (unpaired) electrons. The Bertz CT molecular complexity index is 1120. The third kappa shape index (κ3) is 4.84. The molecule has 1 saturated heterocycles. The lowest BCUT2D eigenvalue weighted by molar-refractivity contribution is -0.133. The van der Waals surface area contributed by atoms with Gasteiger partial charge in [0.05, 0.1) is 5.69 Å². The Labute approximate surface area is 191 Å². The number of nitrogens with one attached hydrogen (secondary N) is 2. The summed E-state index contributed by atoms with van der Waals surface area (Å²) in [5, 5.41) is 5.58. The van der Waals surface area contributed by atoms with E-state index in [9.17, 15) is 14.4 Å². The standard InChI is InChI=1S/C25H23N3O3S/c1-17(28-24(30)21(27-25(28)31)16-18-10-4-2-5-11-18)23(29)26-20-14-8-9-15-22(20)32-19-12-6-3-7-13-19/h2-15,17,21H,16H2,1H3,(H,26,29)(H,27,31)/t17-,21+/m1/s1. The van der Waals surface area contributed by atoms with E-state index in [1.807, 2.05) is 78.9 Å². The van der Waals surface area contributed by atoms with E-state index in [1.165, 1.54) is 11.8 Å². The maximum absolute atomic E-state index is 13.0. The van der Waals surface area contributed by atoms with Gasteiger partial charge in [0, 0.05) is 16.2 Å². The van der Waals surface area contributed by atoms with Crippen molar-refractivity contribution in [1.29, 1.82) is 0 Å². The molecule has 2 atom stereocenters. The van der Waals surface area contributed by atoms with Crippen LogP contribution in [0.15, 0.2) is 94.7 Å². The highest BCUT2D eigenvalue weighted by molar-refractivity contribution is 7.99. The van der Waals surface area contributed by atoms with Gasteiger partial charge in [0.15, 0.2) is 0 Å². The highest BCUT2D eigenvalue weighted by atomic mass is 32.2. The fraction of sp³-hybridized carbons (Fsp3) is 0.160. The van der Waals surface area contributed by atoms with Gasteiger partial charge in [-0.3, -0.25) is 14.5 Å². The van der Waals surface area contributed by atoms with Crippen LogP contribution in [0, 0.1) is 0 Å². The first-order chi connectivity index (χ1) is 15.5. The largest absolute Gasteiger partial charge is 0.325 e. The summed E-state index contributed by atoms with van der Waals surface area (Å²) in [7, 11) is 0. The number of rotatable bonds is 7. The van der Waals surface area contributed by atoms with E-state index in [2.05, 4.69) is 10.6 Å². The summed E-state index contributed by atoms with van der Waals surface area (Å²) in [5.41, 5.74) is 1.57. The van der Waals surface area contributed by atoms with E-state index >= 15 is 0 Å².